The van der Waals surface area contributed by atoms with E-state index in [1.807, 2.05) is 42.5 Å². The fourth-order valence-electron chi connectivity index (χ4n) is 3.09. The predicted molar refractivity (Wildman–Crippen MR) is 110 cm³/mol. The van der Waals surface area contributed by atoms with Crippen molar-refractivity contribution in [2.24, 2.45) is 0 Å². The lowest BCUT2D eigenvalue weighted by molar-refractivity contribution is -0.115. The number of furan rings is 1. The van der Waals surface area contributed by atoms with E-state index in [2.05, 4.69) is 37.4 Å². The van der Waals surface area contributed by atoms with Gasteiger partial charge in [0.2, 0.25) is 0 Å². The molecule has 0 atom stereocenters. The van der Waals surface area contributed by atoms with Gasteiger partial charge in [0.05, 0.1) is 11.8 Å². The van der Waals surface area contributed by atoms with Gasteiger partial charge in [-0.05, 0) is 53.3 Å². The van der Waals surface area contributed by atoms with Crippen molar-refractivity contribution >= 4 is 17.6 Å². The van der Waals surface area contributed by atoms with Crippen LogP contribution in [0.3, 0.4) is 0 Å². The van der Waals surface area contributed by atoms with E-state index in [1.54, 1.807) is 12.3 Å². The van der Waals surface area contributed by atoms with Gasteiger partial charge in [0, 0.05) is 6.54 Å². The second-order valence-electron chi connectivity index (χ2n) is 6.43. The molecule has 1 aromatic heterocycles. The third-order valence-corrected chi connectivity index (χ3v) is 4.66. The van der Waals surface area contributed by atoms with Gasteiger partial charge in [-0.2, -0.15) is 0 Å². The molecule has 2 aromatic carbocycles. The van der Waals surface area contributed by atoms with Crippen LogP contribution in [0.25, 0.3) is 11.6 Å². The van der Waals surface area contributed by atoms with Gasteiger partial charge >= 0.3 is 0 Å². The molecule has 0 aliphatic carbocycles. The molecule has 3 heteroatoms. The van der Waals surface area contributed by atoms with Gasteiger partial charge in [-0.15, -0.1) is 0 Å². The molecule has 0 saturated carbocycles. The predicted octanol–water partition coefficient (Wildman–Crippen LogP) is 5.26. The Morgan fingerprint density at radius 2 is 1.78 bits per heavy atom. The molecule has 3 nitrogen and oxygen atoms in total. The molecule has 0 unspecified atom stereocenters. The lowest BCUT2D eigenvalue weighted by Gasteiger charge is -2.13. The maximum atomic E-state index is 13.0. The lowest BCUT2D eigenvalue weighted by Crippen LogP contribution is -2.24. The zero-order chi connectivity index (χ0) is 19.1. The van der Waals surface area contributed by atoms with Crippen molar-refractivity contribution in [3.63, 3.8) is 0 Å². The number of amides is 1. The minimum atomic E-state index is -0.110. The first-order valence-corrected chi connectivity index (χ1v) is 9.40. The van der Waals surface area contributed by atoms with Gasteiger partial charge in [0.15, 0.2) is 0 Å². The number of benzene rings is 2. The van der Waals surface area contributed by atoms with Crippen molar-refractivity contribution < 1.29 is 9.21 Å². The zero-order valence-corrected chi connectivity index (χ0v) is 15.9. The smallest absolute Gasteiger partial charge is 0.252 e. The Kier molecular flexibility index (Phi) is 6.26. The fraction of sp³-hybridized carbons (Fsp3) is 0.208. The van der Waals surface area contributed by atoms with E-state index in [-0.39, 0.29) is 5.91 Å². The molecule has 3 aromatic rings. The summed E-state index contributed by atoms with van der Waals surface area (Å²) in [4.78, 5) is 13.0. The Labute approximate surface area is 160 Å². The number of hydrogen-bond acceptors (Lipinski definition) is 2. The molecule has 1 N–H and O–H groups in total. The maximum Gasteiger partial charge on any atom is 0.252 e. The van der Waals surface area contributed by atoms with Crippen LogP contribution in [0.5, 0.6) is 0 Å². The van der Waals surface area contributed by atoms with Crippen LogP contribution >= 0.6 is 0 Å². The molecule has 0 aliphatic heterocycles. The van der Waals surface area contributed by atoms with Crippen LogP contribution in [0.4, 0.5) is 0 Å². The summed E-state index contributed by atoms with van der Waals surface area (Å²) >= 11 is 0. The Hall–Kier alpha value is -3.07. The molecular weight excluding hydrogens is 334 g/mol. The van der Waals surface area contributed by atoms with Crippen molar-refractivity contribution in [3.8, 4) is 0 Å². The third-order valence-electron chi connectivity index (χ3n) is 4.66. The number of carbonyl (C=O) groups excluding carboxylic acids is 1. The lowest BCUT2D eigenvalue weighted by atomic mass is 10.00. The standard InChI is InChI=1S/C24H25NO2/c1-3-18-12-13-19(4-2)21(15-18)17-25-24(26)23(16-22-11-8-14-27-22)20-9-6-5-7-10-20/h5-16H,3-4,17H2,1-2H3,(H,25,26)/b23-16+. The summed E-state index contributed by atoms with van der Waals surface area (Å²) in [6.45, 7) is 4.79. The first-order valence-electron chi connectivity index (χ1n) is 9.40. The van der Waals surface area contributed by atoms with Crippen LogP contribution < -0.4 is 5.32 Å². The van der Waals surface area contributed by atoms with E-state index < -0.39 is 0 Å². The minimum Gasteiger partial charge on any atom is -0.465 e. The Bertz CT molecular complexity index is 909. The van der Waals surface area contributed by atoms with E-state index in [0.717, 1.165) is 18.4 Å². The first-order chi connectivity index (χ1) is 13.2. The monoisotopic (exact) mass is 359 g/mol. The molecule has 1 amide bonds. The average Bonchev–Trinajstić information content (AvgIpc) is 3.24. The average molecular weight is 359 g/mol. The highest BCUT2D eigenvalue weighted by atomic mass is 16.3. The fourth-order valence-corrected chi connectivity index (χ4v) is 3.09. The molecule has 0 fully saturated rings. The summed E-state index contributed by atoms with van der Waals surface area (Å²) < 4.78 is 5.41. The second-order valence-corrected chi connectivity index (χ2v) is 6.43. The molecule has 138 valence electrons. The van der Waals surface area contributed by atoms with Gasteiger partial charge in [-0.25, -0.2) is 0 Å². The van der Waals surface area contributed by atoms with E-state index in [0.29, 0.717) is 17.9 Å². The summed E-state index contributed by atoms with van der Waals surface area (Å²) in [6, 6.07) is 19.8. The van der Waals surface area contributed by atoms with E-state index in [9.17, 15) is 4.79 Å². The van der Waals surface area contributed by atoms with Crippen LogP contribution in [0, 0.1) is 0 Å². The number of rotatable bonds is 7. The van der Waals surface area contributed by atoms with Gasteiger partial charge in [-0.1, -0.05) is 62.4 Å². The highest BCUT2D eigenvalue weighted by Crippen LogP contribution is 2.20. The van der Waals surface area contributed by atoms with Gasteiger partial charge in [-0.3, -0.25) is 4.79 Å². The largest absolute Gasteiger partial charge is 0.465 e. The van der Waals surface area contributed by atoms with E-state index >= 15 is 0 Å². The third kappa shape index (κ3) is 4.76. The molecule has 0 aliphatic rings. The Morgan fingerprint density at radius 1 is 0.963 bits per heavy atom. The molecule has 0 spiro atoms. The first kappa shape index (κ1) is 18.7. The van der Waals surface area contributed by atoms with E-state index in [1.165, 1.54) is 16.7 Å². The van der Waals surface area contributed by atoms with Crippen molar-refractivity contribution in [2.45, 2.75) is 33.2 Å². The summed E-state index contributed by atoms with van der Waals surface area (Å²) in [5.74, 6) is 0.549. The maximum absolute atomic E-state index is 13.0. The van der Waals surface area contributed by atoms with Crippen LogP contribution in [0.2, 0.25) is 0 Å². The van der Waals surface area contributed by atoms with Gasteiger partial charge in [0.1, 0.15) is 5.76 Å². The number of aryl methyl sites for hydroxylation is 2. The minimum absolute atomic E-state index is 0.110. The molecule has 3 rings (SSSR count). The van der Waals surface area contributed by atoms with Crippen molar-refractivity contribution in [2.75, 3.05) is 0 Å². The molecular formula is C24H25NO2. The molecule has 27 heavy (non-hydrogen) atoms. The van der Waals surface area contributed by atoms with Gasteiger partial charge in [0.25, 0.3) is 5.91 Å². The van der Waals surface area contributed by atoms with Crippen molar-refractivity contribution in [1.82, 2.24) is 5.32 Å². The SMILES string of the molecule is CCc1ccc(CC)c(CNC(=O)/C(=C/c2ccco2)c2ccccc2)c1. The van der Waals surface area contributed by atoms with Crippen molar-refractivity contribution in [1.29, 1.82) is 0 Å². The Balaban J connectivity index is 1.84. The number of nitrogens with one attached hydrogen (secondary N) is 1. The molecule has 0 radical (unpaired) electrons. The van der Waals surface area contributed by atoms with Crippen LogP contribution in [0.1, 0.15) is 41.9 Å². The summed E-state index contributed by atoms with van der Waals surface area (Å²) in [7, 11) is 0. The molecule has 0 saturated heterocycles. The zero-order valence-electron chi connectivity index (χ0n) is 15.9. The Morgan fingerprint density at radius 3 is 2.44 bits per heavy atom. The quantitative estimate of drug-likeness (QED) is 0.585. The van der Waals surface area contributed by atoms with Crippen molar-refractivity contribution in [3.05, 3.63) is 94.9 Å². The van der Waals surface area contributed by atoms with E-state index in [4.69, 9.17) is 4.42 Å². The highest BCUT2D eigenvalue weighted by molar-refractivity contribution is 6.24. The number of hydrogen-bond donors (Lipinski definition) is 1. The summed E-state index contributed by atoms with van der Waals surface area (Å²) in [6.07, 6.45) is 5.32. The normalized spacial score (nSPS) is 11.4. The topological polar surface area (TPSA) is 42.2 Å². The number of carbonyl (C=O) groups is 1. The molecule has 0 bridgehead atoms. The summed E-state index contributed by atoms with van der Waals surface area (Å²) in [5.41, 5.74) is 5.19. The van der Waals surface area contributed by atoms with Crippen LogP contribution in [-0.2, 0) is 24.2 Å². The second kappa shape index (κ2) is 9.04. The van der Waals surface area contributed by atoms with Crippen LogP contribution in [-0.4, -0.2) is 5.91 Å². The van der Waals surface area contributed by atoms with Gasteiger partial charge < -0.3 is 9.73 Å². The van der Waals surface area contributed by atoms with Crippen LogP contribution in [0.15, 0.2) is 71.3 Å². The highest BCUT2D eigenvalue weighted by Gasteiger charge is 2.13. The molecule has 1 heterocycles. The summed E-state index contributed by atoms with van der Waals surface area (Å²) in [5, 5.41) is 3.09.